The van der Waals surface area contributed by atoms with Crippen LogP contribution in [0.1, 0.15) is 17.0 Å². The normalized spacial score (nSPS) is 12.0. The summed E-state index contributed by atoms with van der Waals surface area (Å²) >= 11 is 5.90. The van der Waals surface area contributed by atoms with Crippen molar-refractivity contribution in [2.24, 2.45) is 0 Å². The van der Waals surface area contributed by atoms with Crippen molar-refractivity contribution >= 4 is 23.4 Å². The van der Waals surface area contributed by atoms with Crippen molar-refractivity contribution in [3.63, 3.8) is 0 Å². The molecule has 0 saturated carbocycles. The van der Waals surface area contributed by atoms with Crippen LogP contribution in [0.5, 0.6) is 0 Å². The third-order valence-electron chi connectivity index (χ3n) is 2.93. The van der Waals surface area contributed by atoms with Crippen molar-refractivity contribution in [3.8, 4) is 0 Å². The summed E-state index contributed by atoms with van der Waals surface area (Å²) in [6.45, 7) is -0.515. The molecule has 0 fully saturated rings. The fraction of sp³-hybridized carbons (Fsp3) is 0.167. The predicted molar refractivity (Wildman–Crippen MR) is 78.8 cm³/mol. The first-order chi connectivity index (χ1) is 9.88. The van der Waals surface area contributed by atoms with Gasteiger partial charge in [0.05, 0.1) is 11.5 Å². The summed E-state index contributed by atoms with van der Waals surface area (Å²) in [5.41, 5.74) is 11.0. The molecule has 8 nitrogen and oxygen atoms in total. The monoisotopic (exact) mass is 309 g/mol. The van der Waals surface area contributed by atoms with E-state index in [4.69, 9.17) is 23.1 Å². The third kappa shape index (κ3) is 3.29. The van der Waals surface area contributed by atoms with Crippen LogP contribution < -0.4 is 17.0 Å². The molecule has 0 radical (unpaired) electrons. The molecule has 0 bridgehead atoms. The van der Waals surface area contributed by atoms with Gasteiger partial charge in [-0.05, 0) is 17.7 Å². The molecule has 1 unspecified atom stereocenters. The lowest BCUT2D eigenvalue weighted by atomic mass is 9.92. The molecule has 0 amide bonds. The Labute approximate surface area is 123 Å². The number of nitrogens with one attached hydrogen (secondary N) is 1. The van der Waals surface area contributed by atoms with Gasteiger partial charge in [0.25, 0.3) is 5.56 Å². The molecule has 0 aliphatic carbocycles. The van der Waals surface area contributed by atoms with E-state index in [-0.39, 0.29) is 17.3 Å². The van der Waals surface area contributed by atoms with Gasteiger partial charge >= 0.3 is 0 Å². The lowest BCUT2D eigenvalue weighted by Crippen LogP contribution is -2.26. The van der Waals surface area contributed by atoms with Crippen LogP contribution in [0.4, 0.5) is 11.8 Å². The number of benzene rings is 1. The molecule has 1 aromatic carbocycles. The first-order valence-corrected chi connectivity index (χ1v) is 6.28. The van der Waals surface area contributed by atoms with Crippen LogP contribution in [0, 0.1) is 10.1 Å². The van der Waals surface area contributed by atoms with Crippen molar-refractivity contribution in [2.45, 2.75) is 5.92 Å². The Bertz CT molecular complexity index is 746. The zero-order valence-electron chi connectivity index (χ0n) is 10.7. The molecule has 0 spiro atoms. The van der Waals surface area contributed by atoms with Crippen molar-refractivity contribution in [1.82, 2.24) is 9.97 Å². The van der Waals surface area contributed by atoms with Gasteiger partial charge in [-0.15, -0.1) is 0 Å². The number of nitrogens with two attached hydrogens (primary N) is 2. The second-order valence-corrected chi connectivity index (χ2v) is 4.81. The van der Waals surface area contributed by atoms with E-state index in [0.717, 1.165) is 0 Å². The number of aromatic amines is 1. The Hall–Kier alpha value is -2.61. The number of nitro groups is 1. The minimum atomic E-state index is -0.865. The van der Waals surface area contributed by atoms with Gasteiger partial charge in [-0.25, -0.2) is 0 Å². The second-order valence-electron chi connectivity index (χ2n) is 4.37. The number of nitrogens with zero attached hydrogens (tertiary/aromatic N) is 2. The Morgan fingerprint density at radius 1 is 1.43 bits per heavy atom. The fourth-order valence-electron chi connectivity index (χ4n) is 2.09. The Balaban J connectivity index is 2.61. The molecule has 21 heavy (non-hydrogen) atoms. The van der Waals surface area contributed by atoms with Gasteiger partial charge in [0.2, 0.25) is 12.5 Å². The number of hydrogen-bond donors (Lipinski definition) is 3. The van der Waals surface area contributed by atoms with Gasteiger partial charge in [-0.1, -0.05) is 23.7 Å². The minimum Gasteiger partial charge on any atom is -0.383 e. The molecule has 1 aromatic heterocycles. The highest BCUT2D eigenvalue weighted by atomic mass is 35.5. The number of hydrogen-bond acceptors (Lipinski definition) is 6. The minimum absolute atomic E-state index is 0.00293. The van der Waals surface area contributed by atoms with E-state index in [1.807, 2.05) is 0 Å². The van der Waals surface area contributed by atoms with Gasteiger partial charge < -0.3 is 11.5 Å². The highest BCUT2D eigenvalue weighted by Crippen LogP contribution is 2.27. The average molecular weight is 310 g/mol. The molecule has 5 N–H and O–H groups in total. The lowest BCUT2D eigenvalue weighted by Gasteiger charge is -2.15. The summed E-state index contributed by atoms with van der Waals surface area (Å²) < 4.78 is 0. The number of aromatic nitrogens is 2. The molecule has 110 valence electrons. The Kier molecular flexibility index (Phi) is 4.08. The quantitative estimate of drug-likeness (QED) is 0.568. The van der Waals surface area contributed by atoms with Crippen LogP contribution in [0.25, 0.3) is 0 Å². The topological polar surface area (TPSA) is 141 Å². The molecule has 2 aromatic rings. The molecule has 9 heteroatoms. The smallest absolute Gasteiger partial charge is 0.258 e. The number of H-pyrrole nitrogens is 1. The van der Waals surface area contributed by atoms with E-state index < -0.39 is 22.9 Å². The van der Waals surface area contributed by atoms with Crippen LogP contribution in [-0.4, -0.2) is 21.4 Å². The van der Waals surface area contributed by atoms with E-state index in [9.17, 15) is 14.9 Å². The largest absolute Gasteiger partial charge is 0.383 e. The standard InChI is InChI=1S/C12H12ClN5O3/c13-7-3-1-2-6(4-7)8(5-18(20)21)9-10(14)16-12(15)17-11(9)19/h1-4,8H,5H2,(H5,14,15,16,17,19). The number of anilines is 2. The zero-order chi connectivity index (χ0) is 15.6. The summed E-state index contributed by atoms with van der Waals surface area (Å²) in [7, 11) is 0. The summed E-state index contributed by atoms with van der Waals surface area (Å²) in [6.07, 6.45) is 0. The maximum absolute atomic E-state index is 12.0. The second kappa shape index (κ2) is 5.80. The molecule has 1 atom stereocenters. The van der Waals surface area contributed by atoms with Crippen LogP contribution in [0.15, 0.2) is 29.1 Å². The van der Waals surface area contributed by atoms with E-state index in [1.54, 1.807) is 24.3 Å². The molecular formula is C12H12ClN5O3. The number of nitrogen functional groups attached to an aromatic ring is 2. The van der Waals surface area contributed by atoms with Gasteiger partial charge in [-0.3, -0.25) is 19.9 Å². The third-order valence-corrected chi connectivity index (χ3v) is 3.17. The van der Waals surface area contributed by atoms with Crippen molar-refractivity contribution in [1.29, 1.82) is 0 Å². The van der Waals surface area contributed by atoms with Gasteiger partial charge in [0, 0.05) is 9.95 Å². The van der Waals surface area contributed by atoms with Gasteiger partial charge in [-0.2, -0.15) is 4.98 Å². The van der Waals surface area contributed by atoms with Gasteiger partial charge in [0.15, 0.2) is 0 Å². The number of rotatable bonds is 4. The van der Waals surface area contributed by atoms with Crippen molar-refractivity contribution in [2.75, 3.05) is 18.0 Å². The molecule has 0 aliphatic rings. The van der Waals surface area contributed by atoms with Crippen LogP contribution in [0.2, 0.25) is 5.02 Å². The predicted octanol–water partition coefficient (Wildman–Crippen LogP) is 0.996. The first-order valence-electron chi connectivity index (χ1n) is 5.91. The van der Waals surface area contributed by atoms with E-state index >= 15 is 0 Å². The first kappa shape index (κ1) is 14.8. The maximum Gasteiger partial charge on any atom is 0.258 e. The summed E-state index contributed by atoms with van der Waals surface area (Å²) in [6, 6.07) is 6.45. The van der Waals surface area contributed by atoms with E-state index in [2.05, 4.69) is 9.97 Å². The average Bonchev–Trinajstić information content (AvgIpc) is 2.35. The Morgan fingerprint density at radius 3 is 2.71 bits per heavy atom. The highest BCUT2D eigenvalue weighted by Gasteiger charge is 2.26. The molecular weight excluding hydrogens is 298 g/mol. The van der Waals surface area contributed by atoms with E-state index in [0.29, 0.717) is 10.6 Å². The maximum atomic E-state index is 12.0. The molecule has 0 aliphatic heterocycles. The fourth-order valence-corrected chi connectivity index (χ4v) is 2.29. The van der Waals surface area contributed by atoms with Crippen LogP contribution in [0.3, 0.4) is 0 Å². The summed E-state index contributed by atoms with van der Waals surface area (Å²) in [4.78, 5) is 28.5. The van der Waals surface area contributed by atoms with E-state index in [1.165, 1.54) is 0 Å². The van der Waals surface area contributed by atoms with Crippen LogP contribution in [-0.2, 0) is 0 Å². The summed E-state index contributed by atoms with van der Waals surface area (Å²) in [5.74, 6) is -1.15. The van der Waals surface area contributed by atoms with Crippen molar-refractivity contribution in [3.05, 3.63) is 60.9 Å². The molecule has 1 heterocycles. The van der Waals surface area contributed by atoms with Gasteiger partial charge in [0.1, 0.15) is 5.82 Å². The highest BCUT2D eigenvalue weighted by molar-refractivity contribution is 6.30. The zero-order valence-corrected chi connectivity index (χ0v) is 11.5. The molecule has 0 saturated heterocycles. The molecule has 2 rings (SSSR count). The summed E-state index contributed by atoms with van der Waals surface area (Å²) in [5, 5.41) is 11.3. The van der Waals surface area contributed by atoms with Crippen LogP contribution >= 0.6 is 11.6 Å². The lowest BCUT2D eigenvalue weighted by molar-refractivity contribution is -0.481. The SMILES string of the molecule is Nc1nc(N)c(C(C[N+](=O)[O-])c2cccc(Cl)c2)c(=O)[nH]1. The number of halogens is 1. The Morgan fingerprint density at radius 2 is 2.14 bits per heavy atom. The van der Waals surface area contributed by atoms with Crippen molar-refractivity contribution < 1.29 is 4.92 Å².